The number of hydrogen-bond acceptors (Lipinski definition) is 3. The average molecular weight is 314 g/mol. The Kier molecular flexibility index (Phi) is 4.48. The molecule has 0 bridgehead atoms. The highest BCUT2D eigenvalue weighted by Gasteiger charge is 2.27. The van der Waals surface area contributed by atoms with Gasteiger partial charge in [0.05, 0.1) is 6.42 Å². The third kappa shape index (κ3) is 3.29. The van der Waals surface area contributed by atoms with Gasteiger partial charge in [0.15, 0.2) is 5.78 Å². The van der Waals surface area contributed by atoms with Crippen molar-refractivity contribution in [3.8, 4) is 0 Å². The first kappa shape index (κ1) is 15.7. The highest BCUT2D eigenvalue weighted by Crippen LogP contribution is 2.24. The maximum atomic E-state index is 12.6. The Labute approximate surface area is 135 Å². The number of aliphatic carboxylic acids is 1. The van der Waals surface area contributed by atoms with Gasteiger partial charge in [-0.2, -0.15) is 0 Å². The number of aryl methyl sites for hydroxylation is 1. The fourth-order valence-electron chi connectivity index (χ4n) is 3.57. The van der Waals surface area contributed by atoms with Crippen molar-refractivity contribution in [2.45, 2.75) is 31.7 Å². The van der Waals surface area contributed by atoms with Crippen LogP contribution in [-0.2, 0) is 11.8 Å². The molecule has 0 radical (unpaired) electrons. The van der Waals surface area contributed by atoms with Crippen molar-refractivity contribution < 1.29 is 14.7 Å². The standard InChI is InChI=1S/C18H22N2O3/c1-19-12-15(14-6-2-3-7-16(14)19)17(21)8-10-20-9-4-5-13(20)11-18(22)23/h2-3,6-7,12-13H,4-5,8-11H2,1H3,(H,22,23). The van der Waals surface area contributed by atoms with E-state index in [1.807, 2.05) is 42.1 Å². The van der Waals surface area contributed by atoms with Crippen molar-refractivity contribution in [1.29, 1.82) is 0 Å². The molecule has 0 spiro atoms. The van der Waals surface area contributed by atoms with Gasteiger partial charge in [-0.05, 0) is 25.5 Å². The number of rotatable bonds is 6. The van der Waals surface area contributed by atoms with Crippen LogP contribution in [0.3, 0.4) is 0 Å². The Morgan fingerprint density at radius 3 is 2.87 bits per heavy atom. The van der Waals surface area contributed by atoms with E-state index < -0.39 is 5.97 Å². The highest BCUT2D eigenvalue weighted by atomic mass is 16.4. The number of hydrogen-bond donors (Lipinski definition) is 1. The Morgan fingerprint density at radius 1 is 1.30 bits per heavy atom. The van der Waals surface area contributed by atoms with Crippen LogP contribution in [0.2, 0.25) is 0 Å². The Bertz CT molecular complexity index is 735. The van der Waals surface area contributed by atoms with Gasteiger partial charge in [-0.15, -0.1) is 0 Å². The Balaban J connectivity index is 1.68. The second-order valence-electron chi connectivity index (χ2n) is 6.27. The van der Waals surface area contributed by atoms with Gasteiger partial charge in [0.1, 0.15) is 0 Å². The van der Waals surface area contributed by atoms with Crippen LogP contribution in [0, 0.1) is 0 Å². The van der Waals surface area contributed by atoms with E-state index in [4.69, 9.17) is 5.11 Å². The van der Waals surface area contributed by atoms with E-state index in [-0.39, 0.29) is 18.2 Å². The number of carboxylic acids is 1. The third-order valence-corrected chi connectivity index (χ3v) is 4.73. The first-order valence-electron chi connectivity index (χ1n) is 8.09. The van der Waals surface area contributed by atoms with Gasteiger partial charge < -0.3 is 9.67 Å². The summed E-state index contributed by atoms with van der Waals surface area (Å²) in [5.74, 6) is -0.634. The summed E-state index contributed by atoms with van der Waals surface area (Å²) in [5, 5.41) is 9.96. The smallest absolute Gasteiger partial charge is 0.304 e. The number of benzene rings is 1. The summed E-state index contributed by atoms with van der Waals surface area (Å²) in [6.45, 7) is 1.53. The van der Waals surface area contributed by atoms with Crippen LogP contribution in [0.4, 0.5) is 0 Å². The lowest BCUT2D eigenvalue weighted by Crippen LogP contribution is -2.33. The predicted octanol–water partition coefficient (Wildman–Crippen LogP) is 2.69. The zero-order valence-corrected chi connectivity index (χ0v) is 13.4. The van der Waals surface area contributed by atoms with Gasteiger partial charge in [-0.1, -0.05) is 18.2 Å². The molecule has 2 aromatic rings. The number of carbonyl (C=O) groups is 2. The fourth-order valence-corrected chi connectivity index (χ4v) is 3.57. The minimum atomic E-state index is -0.762. The Morgan fingerprint density at radius 2 is 2.09 bits per heavy atom. The summed E-state index contributed by atoms with van der Waals surface area (Å²) >= 11 is 0. The number of Topliss-reactive ketones (excluding diaryl/α,β-unsaturated/α-hetero) is 1. The van der Waals surface area contributed by atoms with Gasteiger partial charge in [-0.3, -0.25) is 14.5 Å². The van der Waals surface area contributed by atoms with Gasteiger partial charge in [0.2, 0.25) is 0 Å². The predicted molar refractivity (Wildman–Crippen MR) is 88.7 cm³/mol. The molecule has 1 aromatic heterocycles. The minimum Gasteiger partial charge on any atom is -0.481 e. The number of carbonyl (C=O) groups excluding carboxylic acids is 1. The fraction of sp³-hybridized carbons (Fsp3) is 0.444. The molecule has 1 aliphatic rings. The minimum absolute atomic E-state index is 0.0767. The zero-order valence-electron chi connectivity index (χ0n) is 13.4. The van der Waals surface area contributed by atoms with Crippen molar-refractivity contribution in [1.82, 2.24) is 9.47 Å². The number of aromatic nitrogens is 1. The molecule has 3 rings (SSSR count). The van der Waals surface area contributed by atoms with E-state index in [1.165, 1.54) is 0 Å². The number of ketones is 1. The molecule has 1 unspecified atom stereocenters. The molecule has 1 fully saturated rings. The van der Waals surface area contributed by atoms with Gasteiger partial charge in [0, 0.05) is 48.7 Å². The van der Waals surface area contributed by atoms with E-state index in [0.29, 0.717) is 13.0 Å². The summed E-state index contributed by atoms with van der Waals surface area (Å²) in [5.41, 5.74) is 1.82. The van der Waals surface area contributed by atoms with E-state index in [1.54, 1.807) is 0 Å². The monoisotopic (exact) mass is 314 g/mol. The highest BCUT2D eigenvalue weighted by molar-refractivity contribution is 6.08. The molecule has 0 aliphatic carbocycles. The van der Waals surface area contributed by atoms with Gasteiger partial charge >= 0.3 is 5.97 Å². The molecule has 122 valence electrons. The van der Waals surface area contributed by atoms with Crippen molar-refractivity contribution >= 4 is 22.7 Å². The largest absolute Gasteiger partial charge is 0.481 e. The molecule has 1 saturated heterocycles. The van der Waals surface area contributed by atoms with Crippen LogP contribution in [0.1, 0.15) is 36.0 Å². The van der Waals surface area contributed by atoms with Crippen molar-refractivity contribution in [2.75, 3.05) is 13.1 Å². The summed E-state index contributed by atoms with van der Waals surface area (Å²) < 4.78 is 1.98. The first-order valence-corrected chi connectivity index (χ1v) is 8.09. The van der Waals surface area contributed by atoms with Crippen molar-refractivity contribution in [2.24, 2.45) is 7.05 Å². The molecule has 1 aromatic carbocycles. The summed E-state index contributed by atoms with van der Waals surface area (Å²) in [6.07, 6.45) is 4.42. The number of likely N-dealkylation sites (tertiary alicyclic amines) is 1. The molecule has 2 heterocycles. The van der Waals surface area contributed by atoms with Crippen LogP contribution < -0.4 is 0 Å². The number of nitrogens with zero attached hydrogens (tertiary/aromatic N) is 2. The van der Waals surface area contributed by atoms with Crippen molar-refractivity contribution in [3.63, 3.8) is 0 Å². The van der Waals surface area contributed by atoms with Crippen molar-refractivity contribution in [3.05, 3.63) is 36.0 Å². The first-order chi connectivity index (χ1) is 11.1. The van der Waals surface area contributed by atoms with E-state index in [9.17, 15) is 9.59 Å². The lowest BCUT2D eigenvalue weighted by atomic mass is 10.1. The molecule has 5 heteroatoms. The van der Waals surface area contributed by atoms with E-state index in [2.05, 4.69) is 4.90 Å². The second kappa shape index (κ2) is 6.54. The Hall–Kier alpha value is -2.14. The topological polar surface area (TPSA) is 62.5 Å². The van der Waals surface area contributed by atoms with Crippen LogP contribution in [-0.4, -0.2) is 45.5 Å². The number of carboxylic acid groups (broad SMARTS) is 1. The quantitative estimate of drug-likeness (QED) is 0.833. The lowest BCUT2D eigenvalue weighted by molar-refractivity contribution is -0.138. The molecule has 1 aliphatic heterocycles. The maximum Gasteiger partial charge on any atom is 0.304 e. The normalized spacial score (nSPS) is 18.6. The second-order valence-corrected chi connectivity index (χ2v) is 6.27. The average Bonchev–Trinajstić information content (AvgIpc) is 3.09. The van der Waals surface area contributed by atoms with E-state index in [0.717, 1.165) is 35.9 Å². The number of fused-ring (bicyclic) bond motifs is 1. The third-order valence-electron chi connectivity index (χ3n) is 4.73. The molecule has 1 atom stereocenters. The zero-order chi connectivity index (χ0) is 16.4. The molecule has 0 saturated carbocycles. The summed E-state index contributed by atoms with van der Waals surface area (Å²) in [4.78, 5) is 25.7. The van der Waals surface area contributed by atoms with E-state index >= 15 is 0 Å². The maximum absolute atomic E-state index is 12.6. The van der Waals surface area contributed by atoms with Crippen LogP contribution in [0.25, 0.3) is 10.9 Å². The molecule has 5 nitrogen and oxygen atoms in total. The van der Waals surface area contributed by atoms with Crippen LogP contribution in [0.5, 0.6) is 0 Å². The lowest BCUT2D eigenvalue weighted by Gasteiger charge is -2.22. The molecular formula is C18H22N2O3. The van der Waals surface area contributed by atoms with Gasteiger partial charge in [0.25, 0.3) is 0 Å². The molecule has 0 amide bonds. The van der Waals surface area contributed by atoms with Crippen LogP contribution in [0.15, 0.2) is 30.5 Å². The summed E-state index contributed by atoms with van der Waals surface area (Å²) in [7, 11) is 1.95. The molecule has 1 N–H and O–H groups in total. The van der Waals surface area contributed by atoms with Crippen LogP contribution >= 0.6 is 0 Å². The summed E-state index contributed by atoms with van der Waals surface area (Å²) in [6, 6.07) is 7.98. The molecule has 23 heavy (non-hydrogen) atoms. The number of para-hydroxylation sites is 1. The molecular weight excluding hydrogens is 292 g/mol. The SMILES string of the molecule is Cn1cc(C(=O)CCN2CCCC2CC(=O)O)c2ccccc21. The van der Waals surface area contributed by atoms with Gasteiger partial charge in [-0.25, -0.2) is 0 Å².